The van der Waals surface area contributed by atoms with Crippen LogP contribution in [0.4, 0.5) is 5.82 Å². The van der Waals surface area contributed by atoms with Gasteiger partial charge in [0.15, 0.2) is 0 Å². The smallest absolute Gasteiger partial charge is 0.274 e. The second-order valence-electron chi connectivity index (χ2n) is 8.94. The van der Waals surface area contributed by atoms with E-state index < -0.39 is 0 Å². The topological polar surface area (TPSA) is 109 Å². The number of hydrogen-bond acceptors (Lipinski definition) is 6. The maximum Gasteiger partial charge on any atom is 0.274 e. The number of likely N-dealkylation sites (tertiary alicyclic amines) is 1. The number of fused-ring (bicyclic) bond motifs is 1. The number of aromatic nitrogens is 2. The van der Waals surface area contributed by atoms with Gasteiger partial charge in [-0.25, -0.2) is 4.98 Å². The number of rotatable bonds is 6. The zero-order valence-electron chi connectivity index (χ0n) is 20.2. The normalized spacial score (nSPS) is 18.1. The van der Waals surface area contributed by atoms with E-state index in [1.165, 1.54) is 0 Å². The SMILES string of the molecule is C=C(/C=C\C=C(/C)C(=N)N1C(=N)CC[C@H]1C)NC(=O)c1cc2c(cn1)CCN(c1ccccn1)C2.[HH]. The molecule has 0 radical (unpaired) electrons. The molecule has 2 aromatic heterocycles. The highest BCUT2D eigenvalue weighted by molar-refractivity contribution is 6.07. The summed E-state index contributed by atoms with van der Waals surface area (Å²) in [4.78, 5) is 25.5. The third kappa shape index (κ3) is 5.54. The van der Waals surface area contributed by atoms with Crippen LogP contribution in [0.15, 0.2) is 72.7 Å². The molecule has 1 fully saturated rings. The second-order valence-corrected chi connectivity index (χ2v) is 8.94. The highest BCUT2D eigenvalue weighted by atomic mass is 16.1. The van der Waals surface area contributed by atoms with Crippen molar-refractivity contribution >= 4 is 23.4 Å². The number of nitrogens with zero attached hydrogens (tertiary/aromatic N) is 4. The van der Waals surface area contributed by atoms with Gasteiger partial charge < -0.3 is 15.1 Å². The predicted octanol–water partition coefficient (Wildman–Crippen LogP) is 4.47. The van der Waals surface area contributed by atoms with Gasteiger partial charge in [-0.1, -0.05) is 24.8 Å². The van der Waals surface area contributed by atoms with E-state index >= 15 is 0 Å². The molecular formula is C27H33N7O. The van der Waals surface area contributed by atoms with E-state index in [-0.39, 0.29) is 13.4 Å². The average Bonchev–Trinajstić information content (AvgIpc) is 3.20. The molecule has 2 aliphatic heterocycles. The molecule has 1 atom stereocenters. The van der Waals surface area contributed by atoms with Gasteiger partial charge in [0.05, 0.1) is 0 Å². The van der Waals surface area contributed by atoms with Gasteiger partial charge in [0, 0.05) is 45.1 Å². The van der Waals surface area contributed by atoms with Crippen molar-refractivity contribution in [2.24, 2.45) is 0 Å². The summed E-state index contributed by atoms with van der Waals surface area (Å²) in [6.07, 6.45) is 11.3. The standard InChI is InChI=1S/C27H31N7O.H2/c1-18(26(29)34-20(3)10-11-24(34)28)7-6-8-19(2)32-27(35)23-15-22-17-33(14-12-21(22)16-31-23)25-9-4-5-13-30-25;/h4-9,13,15-16,20,28-29H,2,10-12,14,17H2,1,3H3,(H,32,35);1H/b8-6-,18-7+,28-24?,29-26?;/t20-;/m1./s1. The molecule has 0 aliphatic carbocycles. The fourth-order valence-electron chi connectivity index (χ4n) is 4.34. The Kier molecular flexibility index (Phi) is 7.19. The molecule has 182 valence electrons. The van der Waals surface area contributed by atoms with E-state index in [2.05, 4.69) is 26.8 Å². The van der Waals surface area contributed by atoms with Crippen molar-refractivity contribution in [2.45, 2.75) is 45.7 Å². The Morgan fingerprint density at radius 1 is 1.29 bits per heavy atom. The van der Waals surface area contributed by atoms with Crippen molar-refractivity contribution in [1.82, 2.24) is 20.2 Å². The molecule has 2 aliphatic rings. The summed E-state index contributed by atoms with van der Waals surface area (Å²) in [7, 11) is 0. The van der Waals surface area contributed by atoms with E-state index in [1.54, 1.807) is 35.5 Å². The van der Waals surface area contributed by atoms with Crippen LogP contribution in [0.5, 0.6) is 0 Å². The van der Waals surface area contributed by atoms with Crippen LogP contribution in [0.25, 0.3) is 0 Å². The van der Waals surface area contributed by atoms with E-state index in [4.69, 9.17) is 10.8 Å². The van der Waals surface area contributed by atoms with Crippen LogP contribution in [-0.2, 0) is 13.0 Å². The summed E-state index contributed by atoms with van der Waals surface area (Å²) >= 11 is 0. The molecule has 35 heavy (non-hydrogen) atoms. The van der Waals surface area contributed by atoms with Gasteiger partial charge in [-0.2, -0.15) is 0 Å². The summed E-state index contributed by atoms with van der Waals surface area (Å²) in [6.45, 7) is 9.33. The van der Waals surface area contributed by atoms with Gasteiger partial charge >= 0.3 is 0 Å². The van der Waals surface area contributed by atoms with Gasteiger partial charge in [0.2, 0.25) is 0 Å². The van der Waals surface area contributed by atoms with Crippen molar-refractivity contribution in [1.29, 1.82) is 10.8 Å². The van der Waals surface area contributed by atoms with Crippen molar-refractivity contribution in [3.63, 3.8) is 0 Å². The average molecular weight is 472 g/mol. The van der Waals surface area contributed by atoms with E-state index in [9.17, 15) is 4.79 Å². The Morgan fingerprint density at radius 3 is 2.83 bits per heavy atom. The molecule has 0 unspecified atom stereocenters. The van der Waals surface area contributed by atoms with Crippen LogP contribution in [0.3, 0.4) is 0 Å². The van der Waals surface area contributed by atoms with Gasteiger partial charge in [-0.3, -0.25) is 20.6 Å². The van der Waals surface area contributed by atoms with Crippen LogP contribution in [-0.4, -0.2) is 45.0 Å². The van der Waals surface area contributed by atoms with Crippen LogP contribution in [0, 0.1) is 10.8 Å². The van der Waals surface area contributed by atoms with Crippen LogP contribution in [0.2, 0.25) is 0 Å². The first-order valence-corrected chi connectivity index (χ1v) is 11.8. The number of allylic oxidation sites excluding steroid dienone is 3. The molecule has 4 heterocycles. The number of pyridine rings is 2. The number of carbonyl (C=O) groups is 1. The monoisotopic (exact) mass is 471 g/mol. The largest absolute Gasteiger partial charge is 0.352 e. The molecule has 1 saturated heterocycles. The molecule has 1 amide bonds. The third-order valence-corrected chi connectivity index (χ3v) is 6.36. The Morgan fingerprint density at radius 2 is 2.11 bits per heavy atom. The minimum atomic E-state index is -0.315. The minimum Gasteiger partial charge on any atom is -0.352 e. The number of carbonyl (C=O) groups excluding carboxylic acids is 1. The Hall–Kier alpha value is -4.07. The summed E-state index contributed by atoms with van der Waals surface area (Å²) in [5.74, 6) is 1.42. The van der Waals surface area contributed by atoms with Gasteiger partial charge in [0.1, 0.15) is 23.2 Å². The van der Waals surface area contributed by atoms with Crippen LogP contribution >= 0.6 is 0 Å². The lowest BCUT2D eigenvalue weighted by atomic mass is 10.0. The quantitative estimate of drug-likeness (QED) is 0.327. The number of amides is 1. The molecule has 0 saturated carbocycles. The Bertz CT molecular complexity index is 1220. The molecule has 8 nitrogen and oxygen atoms in total. The van der Waals surface area contributed by atoms with Gasteiger partial charge in [-0.05, 0) is 67.7 Å². The number of amidine groups is 2. The number of hydrogen-bond donors (Lipinski definition) is 3. The molecule has 4 rings (SSSR count). The maximum atomic E-state index is 12.8. The summed E-state index contributed by atoms with van der Waals surface area (Å²) in [6, 6.07) is 7.87. The lowest BCUT2D eigenvalue weighted by Gasteiger charge is -2.29. The van der Waals surface area contributed by atoms with Crippen molar-refractivity contribution in [3.05, 3.63) is 89.6 Å². The maximum absolute atomic E-state index is 12.8. The molecule has 3 N–H and O–H groups in total. The first kappa shape index (κ1) is 24.1. The first-order chi connectivity index (χ1) is 16.8. The lowest BCUT2D eigenvalue weighted by molar-refractivity contribution is 0.0962. The third-order valence-electron chi connectivity index (χ3n) is 6.36. The first-order valence-electron chi connectivity index (χ1n) is 11.8. The second kappa shape index (κ2) is 10.5. The fraction of sp³-hybridized carbons (Fsp3) is 0.296. The van der Waals surface area contributed by atoms with Crippen LogP contribution < -0.4 is 10.2 Å². The Balaban J connectivity index is 0.00000361. The summed E-state index contributed by atoms with van der Waals surface area (Å²) in [5, 5.41) is 19.2. The highest BCUT2D eigenvalue weighted by Gasteiger charge is 2.28. The molecule has 0 aromatic carbocycles. The van der Waals surface area contributed by atoms with E-state index in [0.717, 1.165) is 41.9 Å². The van der Waals surface area contributed by atoms with Gasteiger partial charge in [0.25, 0.3) is 5.91 Å². The highest BCUT2D eigenvalue weighted by Crippen LogP contribution is 2.23. The Labute approximate surface area is 207 Å². The van der Waals surface area contributed by atoms with E-state index in [0.29, 0.717) is 36.0 Å². The zero-order chi connectivity index (χ0) is 24.9. The molecular weight excluding hydrogens is 438 g/mol. The zero-order valence-corrected chi connectivity index (χ0v) is 20.2. The van der Waals surface area contributed by atoms with Gasteiger partial charge in [-0.15, -0.1) is 0 Å². The van der Waals surface area contributed by atoms with Crippen molar-refractivity contribution < 1.29 is 6.22 Å². The molecule has 8 heteroatoms. The summed E-state index contributed by atoms with van der Waals surface area (Å²) in [5.41, 5.74) is 3.74. The van der Waals surface area contributed by atoms with E-state index in [1.807, 2.05) is 38.1 Å². The number of anilines is 1. The minimum absolute atomic E-state index is 0. The summed E-state index contributed by atoms with van der Waals surface area (Å²) < 4.78 is 0. The fourth-order valence-corrected chi connectivity index (χ4v) is 4.34. The van der Waals surface area contributed by atoms with Crippen molar-refractivity contribution in [3.8, 4) is 0 Å². The lowest BCUT2D eigenvalue weighted by Crippen LogP contribution is -2.36. The van der Waals surface area contributed by atoms with Crippen molar-refractivity contribution in [2.75, 3.05) is 11.4 Å². The number of nitrogens with one attached hydrogen (secondary N) is 3. The molecule has 2 aromatic rings. The van der Waals surface area contributed by atoms with Crippen LogP contribution in [0.1, 0.15) is 49.7 Å². The molecule has 0 bridgehead atoms. The molecule has 0 spiro atoms. The predicted molar refractivity (Wildman–Crippen MR) is 141 cm³/mol.